The second kappa shape index (κ2) is 8.52. The van der Waals surface area contributed by atoms with E-state index in [1.54, 1.807) is 37.4 Å². The van der Waals surface area contributed by atoms with Crippen LogP contribution in [-0.2, 0) is 4.74 Å². The van der Waals surface area contributed by atoms with Gasteiger partial charge in [-0.3, -0.25) is 10.1 Å². The van der Waals surface area contributed by atoms with Crippen LogP contribution in [0.1, 0.15) is 9.67 Å². The summed E-state index contributed by atoms with van der Waals surface area (Å²) in [7, 11) is 1.61. The predicted molar refractivity (Wildman–Crippen MR) is 105 cm³/mol. The highest BCUT2D eigenvalue weighted by atomic mass is 32.1. The van der Waals surface area contributed by atoms with E-state index in [1.165, 1.54) is 11.3 Å². The number of ether oxygens (including phenoxy) is 2. The molecule has 0 atom stereocenters. The van der Waals surface area contributed by atoms with E-state index in [2.05, 4.69) is 10.6 Å². The Morgan fingerprint density at radius 3 is 2.48 bits per heavy atom. The summed E-state index contributed by atoms with van der Waals surface area (Å²) in [5.74, 6) is 0.401. The summed E-state index contributed by atoms with van der Waals surface area (Å²) in [4.78, 5) is 24.0. The van der Waals surface area contributed by atoms with Crippen molar-refractivity contribution in [3.63, 3.8) is 0 Å². The second-order valence-corrected chi connectivity index (χ2v) is 6.67. The summed E-state index contributed by atoms with van der Waals surface area (Å²) in [5.41, 5.74) is 0.708. The number of carbonyl (C=O) groups excluding carboxylic acids is 1. The molecule has 0 unspecified atom stereocenters. The molecule has 3 aromatic rings. The smallest absolute Gasteiger partial charge is 0.409 e. The highest BCUT2D eigenvalue weighted by Crippen LogP contribution is 2.30. The quantitative estimate of drug-likeness (QED) is 0.527. The average molecular weight is 386 g/mol. The van der Waals surface area contributed by atoms with Gasteiger partial charge in [0, 0.05) is 11.8 Å². The zero-order valence-electron chi connectivity index (χ0n) is 14.5. The lowest BCUT2D eigenvalue weighted by molar-refractivity contribution is 0.103. The minimum atomic E-state index is -1.19. The molecule has 0 bridgehead atoms. The number of benzene rings is 2. The number of anilines is 2. The van der Waals surface area contributed by atoms with Crippen LogP contribution in [0.25, 0.3) is 10.1 Å². The molecule has 0 radical (unpaired) electrons. The topological polar surface area (TPSA) is 96.9 Å². The molecular formula is C19H18N2O5S. The third kappa shape index (κ3) is 4.75. The zero-order valence-corrected chi connectivity index (χ0v) is 15.3. The summed E-state index contributed by atoms with van der Waals surface area (Å²) in [6, 6.07) is 14.0. The molecule has 2 amide bonds. The van der Waals surface area contributed by atoms with Gasteiger partial charge in [-0.2, -0.15) is 0 Å². The van der Waals surface area contributed by atoms with Gasteiger partial charge in [0.25, 0.3) is 5.91 Å². The SMILES string of the molecule is COCCOc1ccc2sc(C(=O)Nc3ccccc3NC(=O)O)cc2c1. The molecule has 140 valence electrons. The number of rotatable bonds is 7. The normalized spacial score (nSPS) is 10.6. The molecule has 0 aliphatic rings. The third-order valence-corrected chi connectivity index (χ3v) is 4.80. The van der Waals surface area contributed by atoms with Crippen molar-refractivity contribution in [2.75, 3.05) is 31.0 Å². The lowest BCUT2D eigenvalue weighted by Gasteiger charge is -2.09. The molecule has 0 aliphatic heterocycles. The summed E-state index contributed by atoms with van der Waals surface area (Å²) in [5, 5.41) is 14.8. The fourth-order valence-corrected chi connectivity index (χ4v) is 3.40. The van der Waals surface area contributed by atoms with Crippen LogP contribution in [0, 0.1) is 0 Å². The van der Waals surface area contributed by atoms with E-state index in [9.17, 15) is 9.59 Å². The number of thiophene rings is 1. The first kappa shape index (κ1) is 18.7. The molecule has 0 spiro atoms. The van der Waals surface area contributed by atoms with Gasteiger partial charge in [0.1, 0.15) is 12.4 Å². The van der Waals surface area contributed by atoms with Crippen molar-refractivity contribution in [3.8, 4) is 5.75 Å². The number of hydrogen-bond donors (Lipinski definition) is 3. The van der Waals surface area contributed by atoms with E-state index in [0.717, 1.165) is 10.1 Å². The predicted octanol–water partition coefficient (Wildman–Crippen LogP) is 4.27. The van der Waals surface area contributed by atoms with Crippen LogP contribution in [0.3, 0.4) is 0 Å². The van der Waals surface area contributed by atoms with Crippen LogP contribution in [0.15, 0.2) is 48.5 Å². The van der Waals surface area contributed by atoms with Gasteiger partial charge >= 0.3 is 6.09 Å². The molecule has 3 N–H and O–H groups in total. The molecule has 2 aromatic carbocycles. The summed E-state index contributed by atoms with van der Waals surface area (Å²) < 4.78 is 11.5. The maximum atomic E-state index is 12.6. The Morgan fingerprint density at radius 2 is 1.78 bits per heavy atom. The van der Waals surface area contributed by atoms with Gasteiger partial charge in [-0.1, -0.05) is 12.1 Å². The third-order valence-electron chi connectivity index (χ3n) is 3.68. The molecule has 7 nitrogen and oxygen atoms in total. The number of methoxy groups -OCH3 is 1. The van der Waals surface area contributed by atoms with Crippen molar-refractivity contribution in [3.05, 3.63) is 53.4 Å². The van der Waals surface area contributed by atoms with E-state index >= 15 is 0 Å². The maximum Gasteiger partial charge on any atom is 0.409 e. The number of carboxylic acid groups (broad SMARTS) is 1. The molecule has 8 heteroatoms. The fraction of sp³-hybridized carbons (Fsp3) is 0.158. The minimum absolute atomic E-state index is 0.308. The number of amides is 2. The van der Waals surface area contributed by atoms with Crippen molar-refractivity contribution >= 4 is 44.8 Å². The van der Waals surface area contributed by atoms with Crippen molar-refractivity contribution < 1.29 is 24.2 Å². The molecular weight excluding hydrogens is 368 g/mol. The molecule has 1 aromatic heterocycles. The Kier molecular flexibility index (Phi) is 5.90. The first-order chi connectivity index (χ1) is 13.1. The lowest BCUT2D eigenvalue weighted by Crippen LogP contribution is -2.14. The molecule has 0 fully saturated rings. The van der Waals surface area contributed by atoms with E-state index in [4.69, 9.17) is 14.6 Å². The highest BCUT2D eigenvalue weighted by molar-refractivity contribution is 7.20. The number of hydrogen-bond acceptors (Lipinski definition) is 5. The van der Waals surface area contributed by atoms with E-state index in [-0.39, 0.29) is 5.91 Å². The minimum Gasteiger partial charge on any atom is -0.491 e. The largest absolute Gasteiger partial charge is 0.491 e. The number of para-hydroxylation sites is 2. The highest BCUT2D eigenvalue weighted by Gasteiger charge is 2.13. The van der Waals surface area contributed by atoms with Crippen LogP contribution >= 0.6 is 11.3 Å². The summed E-state index contributed by atoms with van der Waals surface area (Å²) in [6.07, 6.45) is -1.19. The van der Waals surface area contributed by atoms with Gasteiger partial charge in [0.2, 0.25) is 0 Å². The van der Waals surface area contributed by atoms with Crippen molar-refractivity contribution in [2.45, 2.75) is 0 Å². The monoisotopic (exact) mass is 386 g/mol. The molecule has 27 heavy (non-hydrogen) atoms. The van der Waals surface area contributed by atoms with Crippen molar-refractivity contribution in [1.82, 2.24) is 0 Å². The zero-order chi connectivity index (χ0) is 19.2. The molecule has 0 aliphatic carbocycles. The van der Waals surface area contributed by atoms with Crippen LogP contribution in [0.2, 0.25) is 0 Å². The van der Waals surface area contributed by atoms with E-state index in [1.807, 2.05) is 18.2 Å². The van der Waals surface area contributed by atoms with Crippen LogP contribution < -0.4 is 15.4 Å². The van der Waals surface area contributed by atoms with Gasteiger partial charge in [-0.15, -0.1) is 11.3 Å². The fourth-order valence-electron chi connectivity index (χ4n) is 2.47. The van der Waals surface area contributed by atoms with E-state index in [0.29, 0.717) is 35.2 Å². The summed E-state index contributed by atoms with van der Waals surface area (Å²) in [6.45, 7) is 0.950. The molecule has 0 saturated carbocycles. The van der Waals surface area contributed by atoms with Crippen molar-refractivity contribution in [2.24, 2.45) is 0 Å². The molecule has 0 saturated heterocycles. The summed E-state index contributed by atoms with van der Waals surface area (Å²) >= 11 is 1.35. The standard InChI is InChI=1S/C19H18N2O5S/c1-25-8-9-26-13-6-7-16-12(10-13)11-17(27-16)18(22)20-14-4-2-3-5-15(14)21-19(23)24/h2-7,10-11,21H,8-9H2,1H3,(H,20,22)(H,23,24). The van der Waals surface area contributed by atoms with Crippen molar-refractivity contribution in [1.29, 1.82) is 0 Å². The Bertz CT molecular complexity index is 970. The van der Waals surface area contributed by atoms with Crippen LogP contribution in [-0.4, -0.2) is 37.4 Å². The number of carbonyl (C=O) groups is 2. The van der Waals surface area contributed by atoms with E-state index < -0.39 is 6.09 Å². The molecule has 1 heterocycles. The number of nitrogens with one attached hydrogen (secondary N) is 2. The van der Waals surface area contributed by atoms with Gasteiger partial charge < -0.3 is 19.9 Å². The van der Waals surface area contributed by atoms with Crippen LogP contribution in [0.4, 0.5) is 16.2 Å². The number of fused-ring (bicyclic) bond motifs is 1. The maximum absolute atomic E-state index is 12.6. The Balaban J connectivity index is 1.77. The molecule has 3 rings (SSSR count). The van der Waals surface area contributed by atoms with Gasteiger partial charge in [0.15, 0.2) is 0 Å². The lowest BCUT2D eigenvalue weighted by atomic mass is 10.2. The first-order valence-electron chi connectivity index (χ1n) is 8.12. The van der Waals surface area contributed by atoms with Gasteiger partial charge in [-0.25, -0.2) is 4.79 Å². The average Bonchev–Trinajstić information content (AvgIpc) is 3.07. The van der Waals surface area contributed by atoms with Gasteiger partial charge in [0.05, 0.1) is 22.9 Å². The second-order valence-electron chi connectivity index (χ2n) is 5.58. The van der Waals surface area contributed by atoms with Crippen LogP contribution in [0.5, 0.6) is 5.75 Å². The van der Waals surface area contributed by atoms with Gasteiger partial charge in [-0.05, 0) is 41.8 Å². The first-order valence-corrected chi connectivity index (χ1v) is 8.94. The Labute approximate surface area is 159 Å². The Morgan fingerprint density at radius 1 is 1.04 bits per heavy atom. The Hall–Kier alpha value is -3.10.